The average Bonchev–Trinajstić information content (AvgIpc) is 3.76. The van der Waals surface area contributed by atoms with E-state index in [0.29, 0.717) is 5.84 Å². The number of fused-ring (bicyclic) bond motifs is 3. The topological polar surface area (TPSA) is 65.2 Å². The van der Waals surface area contributed by atoms with E-state index in [0.717, 1.165) is 78.4 Å². The Hall–Kier alpha value is -8.22. The van der Waals surface area contributed by atoms with Crippen LogP contribution < -0.4 is 15.5 Å². The molecule has 2 atom stereocenters. The first-order valence-corrected chi connectivity index (χ1v) is 21.0. The van der Waals surface area contributed by atoms with Gasteiger partial charge in [-0.3, -0.25) is 0 Å². The predicted molar refractivity (Wildman–Crippen MR) is 256 cm³/mol. The Bertz CT molecular complexity index is 3070. The summed E-state index contributed by atoms with van der Waals surface area (Å²) in [6, 6.07) is 71.7. The molecule has 3 heterocycles. The van der Waals surface area contributed by atoms with Crippen LogP contribution in [0.5, 0.6) is 0 Å². The molecule has 2 N–H and O–H groups in total. The van der Waals surface area contributed by atoms with Crippen molar-refractivity contribution in [2.24, 2.45) is 9.98 Å². The van der Waals surface area contributed by atoms with Gasteiger partial charge in [0.1, 0.15) is 29.2 Å². The fourth-order valence-electron chi connectivity index (χ4n) is 8.51. The van der Waals surface area contributed by atoms with Crippen molar-refractivity contribution < 1.29 is 4.42 Å². The normalized spacial score (nSPS) is 15.9. The summed E-state index contributed by atoms with van der Waals surface area (Å²) in [7, 11) is 0. The van der Waals surface area contributed by atoms with Crippen molar-refractivity contribution in [3.63, 3.8) is 0 Å². The molecule has 8 aromatic carbocycles. The number of dihydropyridines is 1. The lowest BCUT2D eigenvalue weighted by Gasteiger charge is -2.30. The molecule has 0 fully saturated rings. The second-order valence-corrected chi connectivity index (χ2v) is 15.5. The lowest BCUT2D eigenvalue weighted by molar-refractivity contribution is 0.649. The minimum atomic E-state index is -0.292. The molecule has 0 bridgehead atoms. The number of nitrogens with one attached hydrogen (secondary N) is 2. The van der Waals surface area contributed by atoms with Crippen molar-refractivity contribution >= 4 is 56.4 Å². The average molecular weight is 800 g/mol. The van der Waals surface area contributed by atoms with Crippen LogP contribution in [0.3, 0.4) is 0 Å². The van der Waals surface area contributed by atoms with Crippen molar-refractivity contribution in [2.45, 2.75) is 12.2 Å². The van der Waals surface area contributed by atoms with Crippen LogP contribution in [0.15, 0.2) is 239 Å². The number of benzene rings is 8. The standard InChI is InChI=1S/C56H41N5O/c1-5-16-38(17-6-1)40-28-32-44(33-29-40)61(45-34-30-41(31-35-45)39-18-7-2-8-19-39)50-37-36-46(53-52(50)47-24-13-14-27-51(47)62-53)48-25-15-26-49(57-48)56-59-54(42-20-9-3-10-21-42)58-55(60-56)43-22-11-4-12-23-43/h1-37,49,54,57H,(H,58,59,60). The van der Waals surface area contributed by atoms with E-state index in [-0.39, 0.29) is 12.2 Å². The molecule has 2 aliphatic rings. The van der Waals surface area contributed by atoms with E-state index in [4.69, 9.17) is 14.4 Å². The quantitative estimate of drug-likeness (QED) is 0.153. The molecule has 0 saturated heterocycles. The molecule has 6 heteroatoms. The summed E-state index contributed by atoms with van der Waals surface area (Å²) in [5.74, 6) is 1.48. The van der Waals surface area contributed by atoms with Crippen LogP contribution in [-0.4, -0.2) is 17.7 Å². The maximum absolute atomic E-state index is 6.89. The van der Waals surface area contributed by atoms with Crippen LogP contribution in [0.1, 0.15) is 22.9 Å². The number of hydrogen-bond acceptors (Lipinski definition) is 6. The second kappa shape index (κ2) is 16.1. The van der Waals surface area contributed by atoms with Crippen molar-refractivity contribution in [3.05, 3.63) is 241 Å². The Morgan fingerprint density at radius 3 is 1.68 bits per heavy atom. The Labute approximate surface area is 360 Å². The van der Waals surface area contributed by atoms with Gasteiger partial charge in [-0.05, 0) is 76.4 Å². The van der Waals surface area contributed by atoms with Gasteiger partial charge < -0.3 is 20.0 Å². The van der Waals surface area contributed by atoms with E-state index in [1.165, 1.54) is 11.1 Å². The summed E-state index contributed by atoms with van der Waals surface area (Å²) in [5, 5.41) is 9.55. The van der Waals surface area contributed by atoms with Crippen LogP contribution in [0.4, 0.5) is 17.1 Å². The van der Waals surface area contributed by atoms with Gasteiger partial charge in [-0.15, -0.1) is 0 Å². The van der Waals surface area contributed by atoms with Crippen LogP contribution in [0.25, 0.3) is 49.9 Å². The molecule has 296 valence electrons. The number of anilines is 3. The molecule has 6 nitrogen and oxygen atoms in total. The minimum Gasteiger partial charge on any atom is -0.455 e. The number of rotatable bonds is 9. The van der Waals surface area contributed by atoms with Crippen molar-refractivity contribution in [1.82, 2.24) is 10.6 Å². The minimum absolute atomic E-state index is 0.253. The first-order chi connectivity index (χ1) is 30.7. The molecule has 2 unspecified atom stereocenters. The van der Waals surface area contributed by atoms with Gasteiger partial charge in [-0.2, -0.15) is 0 Å². The number of allylic oxidation sites excluding steroid dienone is 2. The second-order valence-electron chi connectivity index (χ2n) is 15.5. The predicted octanol–water partition coefficient (Wildman–Crippen LogP) is 13.4. The van der Waals surface area contributed by atoms with Gasteiger partial charge in [0, 0.05) is 33.6 Å². The third kappa shape index (κ3) is 7.03. The molecule has 62 heavy (non-hydrogen) atoms. The zero-order valence-electron chi connectivity index (χ0n) is 33.8. The Morgan fingerprint density at radius 1 is 0.500 bits per heavy atom. The molecule has 9 aromatic rings. The SMILES string of the molecule is C1=CC(C2=NC(c3ccccc3)=NC(c3ccccc3)N2)NC(c2ccc(N(c3ccc(-c4ccccc4)cc3)c3ccc(-c4ccccc4)cc3)c3c2oc2ccccc23)=C1. The first kappa shape index (κ1) is 36.8. The number of hydrogen-bond donors (Lipinski definition) is 2. The van der Waals surface area contributed by atoms with Crippen molar-refractivity contribution in [2.75, 3.05) is 4.90 Å². The summed E-state index contributed by atoms with van der Waals surface area (Å²) in [6.45, 7) is 0. The van der Waals surface area contributed by atoms with E-state index in [9.17, 15) is 0 Å². The zero-order chi connectivity index (χ0) is 41.2. The molecule has 0 spiro atoms. The number of furan rings is 1. The fourth-order valence-corrected chi connectivity index (χ4v) is 8.51. The highest BCUT2D eigenvalue weighted by atomic mass is 16.3. The first-order valence-electron chi connectivity index (χ1n) is 21.0. The molecule has 0 aliphatic carbocycles. The molecule has 1 aromatic heterocycles. The largest absolute Gasteiger partial charge is 0.455 e. The highest BCUT2D eigenvalue weighted by Gasteiger charge is 2.28. The molecule has 0 amide bonds. The highest BCUT2D eigenvalue weighted by molar-refractivity contribution is 6.16. The molecule has 0 saturated carbocycles. The van der Waals surface area contributed by atoms with Gasteiger partial charge in [0.25, 0.3) is 0 Å². The maximum Gasteiger partial charge on any atom is 0.159 e. The summed E-state index contributed by atoms with van der Waals surface area (Å²) in [4.78, 5) is 12.5. The lowest BCUT2D eigenvalue weighted by atomic mass is 9.99. The third-order valence-corrected chi connectivity index (χ3v) is 11.6. The maximum atomic E-state index is 6.89. The van der Waals surface area contributed by atoms with Gasteiger partial charge in [0.15, 0.2) is 5.84 Å². The summed E-state index contributed by atoms with van der Waals surface area (Å²) >= 11 is 0. The van der Waals surface area contributed by atoms with Crippen LogP contribution in [0.2, 0.25) is 0 Å². The Balaban J connectivity index is 1.01. The molecule has 11 rings (SSSR count). The van der Waals surface area contributed by atoms with Crippen molar-refractivity contribution in [1.29, 1.82) is 0 Å². The van der Waals surface area contributed by atoms with Gasteiger partial charge in [-0.1, -0.05) is 176 Å². The van der Waals surface area contributed by atoms with Gasteiger partial charge in [0.2, 0.25) is 0 Å². The van der Waals surface area contributed by atoms with Crippen LogP contribution in [0, 0.1) is 0 Å². The van der Waals surface area contributed by atoms with Gasteiger partial charge in [0.05, 0.1) is 11.1 Å². The van der Waals surface area contributed by atoms with Crippen LogP contribution >= 0.6 is 0 Å². The summed E-state index contributed by atoms with van der Waals surface area (Å²) in [6.07, 6.45) is 6.06. The fraction of sp³-hybridized carbons (Fsp3) is 0.0357. The van der Waals surface area contributed by atoms with E-state index < -0.39 is 0 Å². The Morgan fingerprint density at radius 2 is 1.05 bits per heavy atom. The summed E-state index contributed by atoms with van der Waals surface area (Å²) in [5.41, 5.74) is 13.3. The lowest BCUT2D eigenvalue weighted by Crippen LogP contribution is -2.46. The monoisotopic (exact) mass is 799 g/mol. The van der Waals surface area contributed by atoms with Gasteiger partial charge in [-0.25, -0.2) is 9.98 Å². The number of amidine groups is 2. The van der Waals surface area contributed by atoms with E-state index >= 15 is 0 Å². The Kier molecular flexibility index (Phi) is 9.56. The molecule has 2 aliphatic heterocycles. The van der Waals surface area contributed by atoms with E-state index in [2.05, 4.69) is 198 Å². The van der Waals surface area contributed by atoms with Crippen molar-refractivity contribution in [3.8, 4) is 22.3 Å². The van der Waals surface area contributed by atoms with Crippen LogP contribution in [-0.2, 0) is 0 Å². The highest BCUT2D eigenvalue weighted by Crippen LogP contribution is 2.45. The smallest absolute Gasteiger partial charge is 0.159 e. The summed E-state index contributed by atoms with van der Waals surface area (Å²) < 4.78 is 6.89. The van der Waals surface area contributed by atoms with Gasteiger partial charge >= 0.3 is 0 Å². The number of aliphatic imine (C=N–C) groups is 2. The molecular formula is C56H41N5O. The molecule has 0 radical (unpaired) electrons. The van der Waals surface area contributed by atoms with E-state index in [1.54, 1.807) is 0 Å². The van der Waals surface area contributed by atoms with E-state index in [1.807, 2.05) is 42.5 Å². The molecular weight excluding hydrogens is 759 g/mol. The third-order valence-electron chi connectivity index (χ3n) is 11.6. The number of para-hydroxylation sites is 1. The number of nitrogens with zero attached hydrogens (tertiary/aromatic N) is 3. The zero-order valence-corrected chi connectivity index (χ0v) is 33.8.